The molecule has 3 aliphatic rings. The fourth-order valence-electron chi connectivity index (χ4n) is 1.18. The maximum absolute atomic E-state index is 10.8. The Hall–Kier alpha value is -0.257. The Morgan fingerprint density at radius 1 is 1.00 bits per heavy atom. The van der Waals surface area contributed by atoms with Gasteiger partial charge >= 0.3 is 67.0 Å². The molecule has 0 N–H and O–H groups in total. The van der Waals surface area contributed by atoms with Crippen LogP contribution in [0, 0.1) is 0 Å². The Labute approximate surface area is 67.2 Å². The molecule has 1 spiro atoms. The van der Waals surface area contributed by atoms with Crippen molar-refractivity contribution in [1.29, 1.82) is 0 Å². The van der Waals surface area contributed by atoms with Crippen molar-refractivity contribution in [3.8, 4) is 0 Å². The average molecular weight is 355 g/mol. The summed E-state index contributed by atoms with van der Waals surface area (Å²) < 4.78 is 19.4. The molecule has 0 aromatic carbocycles. The Morgan fingerprint density at radius 2 is 1.45 bits per heavy atom. The van der Waals surface area contributed by atoms with E-state index in [2.05, 4.69) is 0 Å². The molecule has 59 valence electrons. The van der Waals surface area contributed by atoms with E-state index in [1.807, 2.05) is 0 Å². The fraction of sp³-hybridized carbons (Fsp3) is 0.500. The van der Waals surface area contributed by atoms with Gasteiger partial charge in [0.25, 0.3) is 0 Å². The van der Waals surface area contributed by atoms with Crippen molar-refractivity contribution in [1.82, 2.24) is 0 Å². The number of carbonyl (C=O) groups excluding carboxylic acids is 2. The second-order valence-electron chi connectivity index (χ2n) is 2.32. The zero-order valence-electron chi connectivity index (χ0n) is 5.05. The summed E-state index contributed by atoms with van der Waals surface area (Å²) in [6.07, 6.45) is -1.65. The summed E-state index contributed by atoms with van der Waals surface area (Å²) >= 11 is -4.04. The Morgan fingerprint density at radius 3 is 1.82 bits per heavy atom. The van der Waals surface area contributed by atoms with Gasteiger partial charge in [-0.15, -0.1) is 0 Å². The topological polar surface area (TPSA) is 71.1 Å². The van der Waals surface area contributed by atoms with Crippen LogP contribution in [0.3, 0.4) is 0 Å². The second-order valence-corrected chi connectivity index (χ2v) is 8.86. The molecule has 0 aromatic rings. The summed E-state index contributed by atoms with van der Waals surface area (Å²) in [5, 5.41) is 0. The zero-order valence-corrected chi connectivity index (χ0v) is 8.53. The van der Waals surface area contributed by atoms with Crippen LogP contribution in [0.1, 0.15) is 0 Å². The minimum absolute atomic E-state index is 0.509. The van der Waals surface area contributed by atoms with E-state index in [1.165, 1.54) is 0 Å². The average Bonchev–Trinajstić information content (AvgIpc) is 2.46. The van der Waals surface area contributed by atoms with Gasteiger partial charge in [0.05, 0.1) is 0 Å². The number of carbonyl (C=O) groups is 2. The summed E-state index contributed by atoms with van der Waals surface area (Å²) in [7, 11) is 0. The molecule has 2 atom stereocenters. The normalized spacial score (nSPS) is 51.3. The summed E-state index contributed by atoms with van der Waals surface area (Å²) in [5.74, 6) is -1.02. The van der Waals surface area contributed by atoms with Crippen LogP contribution in [0.4, 0.5) is 0 Å². The Bertz CT molecular complexity index is 246. The molecule has 6 nitrogen and oxygen atoms in total. The van der Waals surface area contributed by atoms with Crippen molar-refractivity contribution in [2.24, 2.45) is 0 Å². The van der Waals surface area contributed by atoms with Gasteiger partial charge in [-0.1, -0.05) is 0 Å². The van der Waals surface area contributed by atoms with Crippen molar-refractivity contribution < 1.29 is 20.8 Å². The predicted molar refractivity (Wildman–Crippen MR) is 27.7 cm³/mol. The summed E-state index contributed by atoms with van der Waals surface area (Å²) in [5.41, 5.74) is 0. The molecule has 3 saturated heterocycles. The second kappa shape index (κ2) is 1.58. The molecule has 3 bridgehead atoms. The van der Waals surface area contributed by atoms with Crippen molar-refractivity contribution in [3.05, 3.63) is 0 Å². The first kappa shape index (κ1) is 6.28. The van der Waals surface area contributed by atoms with Gasteiger partial charge in [-0.2, -0.15) is 0 Å². The van der Waals surface area contributed by atoms with E-state index in [1.54, 1.807) is 0 Å². The molecular formula is C4H2BiO6. The van der Waals surface area contributed by atoms with Crippen LogP contribution >= 0.6 is 0 Å². The van der Waals surface area contributed by atoms with E-state index in [9.17, 15) is 9.59 Å². The van der Waals surface area contributed by atoms with Crippen LogP contribution in [-0.2, 0) is 20.8 Å². The maximum atomic E-state index is 10.8. The number of hydrogen-bond acceptors (Lipinski definition) is 6. The first-order valence-corrected chi connectivity index (χ1v) is 8.61. The van der Waals surface area contributed by atoms with E-state index < -0.39 is 46.2 Å². The molecular weight excluding hydrogens is 353 g/mol. The van der Waals surface area contributed by atoms with Crippen LogP contribution in [0.5, 0.6) is 0 Å². The van der Waals surface area contributed by atoms with Crippen molar-refractivity contribution in [3.63, 3.8) is 0 Å². The first-order valence-electron chi connectivity index (χ1n) is 2.93. The van der Waals surface area contributed by atoms with Gasteiger partial charge in [0.2, 0.25) is 0 Å². The van der Waals surface area contributed by atoms with Gasteiger partial charge in [-0.05, 0) is 0 Å². The number of fused-ring (bicyclic) bond motifs is 3. The van der Waals surface area contributed by atoms with Crippen molar-refractivity contribution in [2.75, 3.05) is 0 Å². The SMILES string of the molecule is O=C1[O][Bi]23[O]C(=O)C([O]2)C1[O]3. The van der Waals surface area contributed by atoms with E-state index >= 15 is 0 Å². The van der Waals surface area contributed by atoms with Crippen LogP contribution in [0.2, 0.25) is 0 Å². The van der Waals surface area contributed by atoms with Gasteiger partial charge < -0.3 is 0 Å². The standard InChI is InChI=1S/C4H4O6.Bi/c5-1(3(7)8)2(6)4(9)10;/h1-2H,(H,7,8)(H,9,10);/q-2;+4/p-2. The van der Waals surface area contributed by atoms with Crippen LogP contribution in [0.25, 0.3) is 0 Å². The molecule has 3 rings (SSSR count). The van der Waals surface area contributed by atoms with Gasteiger partial charge in [-0.3, -0.25) is 0 Å². The zero-order chi connectivity index (χ0) is 7.64. The fourth-order valence-corrected chi connectivity index (χ4v) is 8.40. The van der Waals surface area contributed by atoms with E-state index in [-0.39, 0.29) is 0 Å². The molecule has 0 saturated carbocycles. The van der Waals surface area contributed by atoms with E-state index in [0.717, 1.165) is 0 Å². The Balaban J connectivity index is 2.13. The molecule has 11 heavy (non-hydrogen) atoms. The molecule has 3 aliphatic heterocycles. The van der Waals surface area contributed by atoms with Gasteiger partial charge in [0.1, 0.15) is 0 Å². The Kier molecular flexibility index (Phi) is 0.899. The van der Waals surface area contributed by atoms with Crippen molar-refractivity contribution >= 4 is 34.0 Å². The number of rotatable bonds is 0. The summed E-state index contributed by atoms with van der Waals surface area (Å²) in [6.45, 7) is 0. The number of hydrogen-bond donors (Lipinski definition) is 0. The third-order valence-corrected chi connectivity index (χ3v) is 8.54. The third kappa shape index (κ3) is 0.580. The molecule has 7 heteroatoms. The van der Waals surface area contributed by atoms with Gasteiger partial charge in [0, 0.05) is 0 Å². The van der Waals surface area contributed by atoms with E-state index in [4.69, 9.17) is 11.3 Å². The molecule has 0 amide bonds. The quantitative estimate of drug-likeness (QED) is 0.484. The van der Waals surface area contributed by atoms with Crippen LogP contribution < -0.4 is 0 Å². The van der Waals surface area contributed by atoms with E-state index in [0.29, 0.717) is 0 Å². The van der Waals surface area contributed by atoms with Crippen molar-refractivity contribution in [2.45, 2.75) is 12.2 Å². The molecule has 3 fully saturated rings. The molecule has 0 aromatic heterocycles. The van der Waals surface area contributed by atoms with Gasteiger partial charge in [0.15, 0.2) is 0 Å². The van der Waals surface area contributed by atoms with Crippen LogP contribution in [0.15, 0.2) is 0 Å². The predicted octanol–water partition coefficient (Wildman–Crippen LogP) is -1.68. The van der Waals surface area contributed by atoms with Crippen LogP contribution in [-0.4, -0.2) is 46.2 Å². The summed E-state index contributed by atoms with van der Waals surface area (Å²) in [6, 6.07) is 0. The molecule has 0 aliphatic carbocycles. The monoisotopic (exact) mass is 355 g/mol. The molecule has 1 radical (unpaired) electrons. The van der Waals surface area contributed by atoms with Gasteiger partial charge in [-0.25, -0.2) is 0 Å². The summed E-state index contributed by atoms with van der Waals surface area (Å²) in [4.78, 5) is 21.7. The molecule has 3 heterocycles. The first-order chi connectivity index (χ1) is 5.20. The minimum atomic E-state index is -4.04. The molecule has 2 unspecified atom stereocenters. The third-order valence-electron chi connectivity index (χ3n) is 1.63.